The molecule has 0 saturated heterocycles. The summed E-state index contributed by atoms with van der Waals surface area (Å²) in [5, 5.41) is 11.1. The van der Waals surface area contributed by atoms with Gasteiger partial charge in [0.15, 0.2) is 0 Å². The van der Waals surface area contributed by atoms with E-state index < -0.39 is 4.92 Å². The Kier molecular flexibility index (Phi) is 5.14. The molecule has 3 N–H and O–H groups in total. The molecule has 6 nitrogen and oxygen atoms in total. The Morgan fingerprint density at radius 1 is 1.48 bits per heavy atom. The van der Waals surface area contributed by atoms with Crippen molar-refractivity contribution in [2.75, 3.05) is 12.5 Å². The quantitative estimate of drug-likeness (QED) is 0.495. The van der Waals surface area contributed by atoms with Crippen molar-refractivity contribution in [1.82, 2.24) is 4.90 Å². The van der Waals surface area contributed by atoms with E-state index in [2.05, 4.69) is 24.3 Å². The number of hydrogen-bond donors (Lipinski definition) is 2. The second kappa shape index (κ2) is 6.87. The second-order valence-electron chi connectivity index (χ2n) is 6.09. The summed E-state index contributed by atoms with van der Waals surface area (Å²) in [6, 6.07) is 5.74. The Balaban J connectivity index is 2.08. The highest BCUT2D eigenvalue weighted by Crippen LogP contribution is 2.29. The molecule has 21 heavy (non-hydrogen) atoms. The van der Waals surface area contributed by atoms with Crippen molar-refractivity contribution in [2.45, 2.75) is 45.2 Å². The smallest absolute Gasteiger partial charge is 0.293 e. The minimum Gasteiger partial charge on any atom is -0.318 e. The van der Waals surface area contributed by atoms with Gasteiger partial charge in [-0.15, -0.1) is 0 Å². The highest BCUT2D eigenvalue weighted by atomic mass is 16.6. The molecule has 0 aromatic heterocycles. The van der Waals surface area contributed by atoms with Gasteiger partial charge in [0.05, 0.1) is 4.92 Å². The van der Waals surface area contributed by atoms with Crippen molar-refractivity contribution in [2.24, 2.45) is 11.8 Å². The number of benzene rings is 1. The SMILES string of the molecule is CC1CCCC(N(C)Cc2ccc(NN)c([N+](=O)[O-])c2)C1. The number of nitrogens with two attached hydrogens (primary N) is 1. The predicted molar refractivity (Wildman–Crippen MR) is 83.8 cm³/mol. The van der Waals surface area contributed by atoms with Crippen LogP contribution in [-0.4, -0.2) is 22.9 Å². The fourth-order valence-electron chi connectivity index (χ4n) is 3.17. The van der Waals surface area contributed by atoms with E-state index in [1.54, 1.807) is 12.1 Å². The molecule has 1 aromatic rings. The monoisotopic (exact) mass is 292 g/mol. The van der Waals surface area contributed by atoms with Gasteiger partial charge in [0, 0.05) is 18.7 Å². The van der Waals surface area contributed by atoms with Crippen molar-refractivity contribution in [3.63, 3.8) is 0 Å². The van der Waals surface area contributed by atoms with Crippen molar-refractivity contribution >= 4 is 11.4 Å². The molecule has 2 atom stereocenters. The molecule has 2 unspecified atom stereocenters. The number of hydrogen-bond acceptors (Lipinski definition) is 5. The van der Waals surface area contributed by atoms with Crippen LogP contribution in [0.3, 0.4) is 0 Å². The van der Waals surface area contributed by atoms with Gasteiger partial charge in [-0.25, -0.2) is 0 Å². The third-order valence-electron chi connectivity index (χ3n) is 4.38. The van der Waals surface area contributed by atoms with Crippen molar-refractivity contribution in [3.8, 4) is 0 Å². The van der Waals surface area contributed by atoms with E-state index in [1.807, 2.05) is 6.07 Å². The number of nitrogens with one attached hydrogen (secondary N) is 1. The molecule has 116 valence electrons. The highest BCUT2D eigenvalue weighted by molar-refractivity contribution is 5.61. The van der Waals surface area contributed by atoms with E-state index in [9.17, 15) is 10.1 Å². The molecule has 0 aliphatic heterocycles. The average molecular weight is 292 g/mol. The number of nitrogens with zero attached hydrogens (tertiary/aromatic N) is 2. The van der Waals surface area contributed by atoms with Crippen LogP contribution in [0.1, 0.15) is 38.2 Å². The standard InChI is InChI=1S/C15H24N4O2/c1-11-4-3-5-13(8-11)18(2)10-12-6-7-14(17-16)15(9-12)19(20)21/h6-7,9,11,13,17H,3-5,8,10,16H2,1-2H3. The lowest BCUT2D eigenvalue weighted by Crippen LogP contribution is -2.35. The molecule has 1 fully saturated rings. The Morgan fingerprint density at radius 3 is 2.86 bits per heavy atom. The first kappa shape index (κ1) is 15.7. The summed E-state index contributed by atoms with van der Waals surface area (Å²) in [4.78, 5) is 13.0. The number of nitro groups is 1. The van der Waals surface area contributed by atoms with Gasteiger partial charge in [-0.05, 0) is 37.4 Å². The molecule has 1 aromatic carbocycles. The molecule has 1 aliphatic rings. The second-order valence-corrected chi connectivity index (χ2v) is 6.09. The van der Waals surface area contributed by atoms with Crippen LogP contribution in [0.25, 0.3) is 0 Å². The van der Waals surface area contributed by atoms with E-state index in [0.29, 0.717) is 11.7 Å². The lowest BCUT2D eigenvalue weighted by Gasteiger charge is -2.34. The largest absolute Gasteiger partial charge is 0.318 e. The molecule has 0 amide bonds. The summed E-state index contributed by atoms with van der Waals surface area (Å²) < 4.78 is 0. The van der Waals surface area contributed by atoms with E-state index >= 15 is 0 Å². The van der Waals surface area contributed by atoms with Gasteiger partial charge in [0.2, 0.25) is 0 Å². The van der Waals surface area contributed by atoms with Gasteiger partial charge >= 0.3 is 0 Å². The number of rotatable bonds is 5. The molecule has 0 spiro atoms. The molecular formula is C15H24N4O2. The molecule has 6 heteroatoms. The zero-order valence-electron chi connectivity index (χ0n) is 12.7. The summed E-state index contributed by atoms with van der Waals surface area (Å²) in [6.07, 6.45) is 5.01. The summed E-state index contributed by atoms with van der Waals surface area (Å²) in [7, 11) is 2.10. The number of nitrogen functional groups attached to an aromatic ring is 1. The summed E-state index contributed by atoms with van der Waals surface area (Å²) in [6.45, 7) is 3.02. The molecule has 2 rings (SSSR count). The van der Waals surface area contributed by atoms with Crippen LogP contribution in [0, 0.1) is 16.0 Å². The van der Waals surface area contributed by atoms with Crippen LogP contribution in [0.2, 0.25) is 0 Å². The van der Waals surface area contributed by atoms with E-state index in [4.69, 9.17) is 5.84 Å². The third kappa shape index (κ3) is 3.92. The van der Waals surface area contributed by atoms with Crippen LogP contribution in [0.15, 0.2) is 18.2 Å². The highest BCUT2D eigenvalue weighted by Gasteiger charge is 2.23. The number of anilines is 1. The van der Waals surface area contributed by atoms with Crippen LogP contribution < -0.4 is 11.3 Å². The maximum absolute atomic E-state index is 11.1. The molecular weight excluding hydrogens is 268 g/mol. The summed E-state index contributed by atoms with van der Waals surface area (Å²) in [5.41, 5.74) is 3.69. The first-order valence-electron chi connectivity index (χ1n) is 7.45. The Morgan fingerprint density at radius 2 is 2.24 bits per heavy atom. The van der Waals surface area contributed by atoms with Crippen molar-refractivity contribution < 1.29 is 4.92 Å². The van der Waals surface area contributed by atoms with Crippen molar-refractivity contribution in [1.29, 1.82) is 0 Å². The number of nitro benzene ring substituents is 1. The summed E-state index contributed by atoms with van der Waals surface area (Å²) in [5.74, 6) is 6.07. The Bertz CT molecular complexity index is 506. The Labute approximate surface area is 125 Å². The first-order valence-corrected chi connectivity index (χ1v) is 7.45. The normalized spacial score (nSPS) is 22.3. The minimum absolute atomic E-state index is 0.0282. The van der Waals surface area contributed by atoms with Gasteiger partial charge in [0.1, 0.15) is 5.69 Å². The fraction of sp³-hybridized carbons (Fsp3) is 0.600. The maximum atomic E-state index is 11.1. The minimum atomic E-state index is -0.401. The fourth-order valence-corrected chi connectivity index (χ4v) is 3.17. The molecule has 1 aliphatic carbocycles. The predicted octanol–water partition coefficient (Wildman–Crippen LogP) is 2.89. The van der Waals surface area contributed by atoms with E-state index in [1.165, 1.54) is 25.7 Å². The van der Waals surface area contributed by atoms with Crippen LogP contribution in [0.5, 0.6) is 0 Å². The van der Waals surface area contributed by atoms with Crippen LogP contribution >= 0.6 is 0 Å². The van der Waals surface area contributed by atoms with Crippen LogP contribution in [0.4, 0.5) is 11.4 Å². The van der Waals surface area contributed by atoms with Gasteiger partial charge in [-0.3, -0.25) is 20.9 Å². The topological polar surface area (TPSA) is 84.4 Å². The van der Waals surface area contributed by atoms with Gasteiger partial charge in [0.25, 0.3) is 5.69 Å². The lowest BCUT2D eigenvalue weighted by molar-refractivity contribution is -0.384. The summed E-state index contributed by atoms with van der Waals surface area (Å²) >= 11 is 0. The molecule has 0 bridgehead atoms. The Hall–Kier alpha value is -1.66. The van der Waals surface area contributed by atoms with Gasteiger partial charge < -0.3 is 5.43 Å². The molecule has 0 radical (unpaired) electrons. The van der Waals surface area contributed by atoms with E-state index in [-0.39, 0.29) is 5.69 Å². The third-order valence-corrected chi connectivity index (χ3v) is 4.38. The van der Waals surface area contributed by atoms with Gasteiger partial charge in [-0.2, -0.15) is 0 Å². The van der Waals surface area contributed by atoms with E-state index in [0.717, 1.165) is 18.0 Å². The molecule has 1 saturated carbocycles. The first-order chi connectivity index (χ1) is 10.0. The van der Waals surface area contributed by atoms with Crippen molar-refractivity contribution in [3.05, 3.63) is 33.9 Å². The molecule has 0 heterocycles. The maximum Gasteiger partial charge on any atom is 0.293 e. The lowest BCUT2D eigenvalue weighted by atomic mass is 9.86. The van der Waals surface area contributed by atoms with Gasteiger partial charge in [-0.1, -0.05) is 25.8 Å². The average Bonchev–Trinajstić information content (AvgIpc) is 2.47. The van der Waals surface area contributed by atoms with Crippen LogP contribution in [-0.2, 0) is 6.54 Å². The number of hydrazine groups is 1. The zero-order chi connectivity index (χ0) is 15.4. The zero-order valence-corrected chi connectivity index (χ0v) is 12.7.